The summed E-state index contributed by atoms with van der Waals surface area (Å²) in [6.07, 6.45) is 1.17. The summed E-state index contributed by atoms with van der Waals surface area (Å²) in [6.45, 7) is 2.38. The van der Waals surface area contributed by atoms with Gasteiger partial charge in [0.05, 0.1) is 20.4 Å². The third-order valence-corrected chi connectivity index (χ3v) is 4.49. The van der Waals surface area contributed by atoms with E-state index in [0.717, 1.165) is 0 Å². The van der Waals surface area contributed by atoms with Crippen LogP contribution in [0.1, 0.15) is 19.8 Å². The van der Waals surface area contributed by atoms with Crippen LogP contribution in [0, 0.1) is 15.5 Å². The van der Waals surface area contributed by atoms with Crippen LogP contribution in [0.5, 0.6) is 0 Å². The number of benzene rings is 1. The summed E-state index contributed by atoms with van der Waals surface area (Å²) in [4.78, 5) is 23.7. The van der Waals surface area contributed by atoms with Crippen molar-refractivity contribution < 1.29 is 14.8 Å². The molecule has 8 heteroatoms. The van der Waals surface area contributed by atoms with Crippen molar-refractivity contribution in [3.8, 4) is 0 Å². The Labute approximate surface area is 131 Å². The summed E-state index contributed by atoms with van der Waals surface area (Å²) in [7, 11) is 0. The average molecular weight is 333 g/mol. The highest BCUT2D eigenvalue weighted by Crippen LogP contribution is 2.40. The van der Waals surface area contributed by atoms with Crippen molar-refractivity contribution >= 4 is 40.5 Å². The lowest BCUT2D eigenvalue weighted by atomic mass is 9.82. The van der Waals surface area contributed by atoms with Crippen molar-refractivity contribution in [3.05, 3.63) is 32.3 Å². The van der Waals surface area contributed by atoms with Gasteiger partial charge >= 0.3 is 5.97 Å². The topological polar surface area (TPSA) is 83.7 Å². The summed E-state index contributed by atoms with van der Waals surface area (Å²) < 4.78 is 0. The van der Waals surface area contributed by atoms with E-state index in [4.69, 9.17) is 23.2 Å². The van der Waals surface area contributed by atoms with Gasteiger partial charge in [-0.3, -0.25) is 14.9 Å². The van der Waals surface area contributed by atoms with Crippen LogP contribution in [0.3, 0.4) is 0 Å². The standard InChI is InChI=1S/C13H14Cl2N2O4/c1-13(12(18)19)3-2-4-16(7-13)10-5-8(14)9(15)6-11(10)17(20)21/h5-6H,2-4,7H2,1H3,(H,18,19). The zero-order valence-electron chi connectivity index (χ0n) is 11.3. The van der Waals surface area contributed by atoms with Crippen LogP contribution in [0.25, 0.3) is 0 Å². The molecule has 0 amide bonds. The second-order valence-electron chi connectivity index (χ2n) is 5.40. The summed E-state index contributed by atoms with van der Waals surface area (Å²) in [5, 5.41) is 20.8. The lowest BCUT2D eigenvalue weighted by Crippen LogP contribution is -2.46. The van der Waals surface area contributed by atoms with Gasteiger partial charge in [0.25, 0.3) is 5.69 Å². The fraction of sp³-hybridized carbons (Fsp3) is 0.462. The molecule has 0 aliphatic carbocycles. The average Bonchev–Trinajstić information content (AvgIpc) is 2.41. The van der Waals surface area contributed by atoms with E-state index in [2.05, 4.69) is 0 Å². The van der Waals surface area contributed by atoms with Crippen molar-refractivity contribution in [1.29, 1.82) is 0 Å². The van der Waals surface area contributed by atoms with E-state index in [1.807, 2.05) is 0 Å². The smallest absolute Gasteiger partial charge is 0.311 e. The normalized spacial score (nSPS) is 22.1. The molecule has 114 valence electrons. The number of carboxylic acid groups (broad SMARTS) is 1. The molecular weight excluding hydrogens is 319 g/mol. The third-order valence-electron chi connectivity index (χ3n) is 3.77. The summed E-state index contributed by atoms with van der Waals surface area (Å²) in [6, 6.07) is 2.63. The number of nitrogens with zero attached hydrogens (tertiary/aromatic N) is 2. The van der Waals surface area contributed by atoms with Gasteiger partial charge in [0.1, 0.15) is 5.69 Å². The number of carbonyl (C=O) groups is 1. The van der Waals surface area contributed by atoms with E-state index < -0.39 is 16.3 Å². The van der Waals surface area contributed by atoms with Gasteiger partial charge in [-0.1, -0.05) is 23.2 Å². The first-order chi connectivity index (χ1) is 9.74. The van der Waals surface area contributed by atoms with Crippen LogP contribution in [0.2, 0.25) is 10.0 Å². The highest BCUT2D eigenvalue weighted by atomic mass is 35.5. The van der Waals surface area contributed by atoms with E-state index in [1.54, 1.807) is 11.8 Å². The van der Waals surface area contributed by atoms with Crippen LogP contribution in [0.4, 0.5) is 11.4 Å². The minimum absolute atomic E-state index is 0.102. The minimum atomic E-state index is -0.932. The van der Waals surface area contributed by atoms with Crippen molar-refractivity contribution in [1.82, 2.24) is 0 Å². The predicted octanol–water partition coefficient (Wildman–Crippen LogP) is 3.59. The Morgan fingerprint density at radius 1 is 1.43 bits per heavy atom. The molecule has 0 aromatic heterocycles. The monoisotopic (exact) mass is 332 g/mol. The first kappa shape index (κ1) is 15.9. The number of piperidine rings is 1. The number of aliphatic carboxylic acids is 1. The van der Waals surface area contributed by atoms with E-state index in [0.29, 0.717) is 25.1 Å². The molecular formula is C13H14Cl2N2O4. The number of halogens is 2. The van der Waals surface area contributed by atoms with Gasteiger partial charge in [-0.15, -0.1) is 0 Å². The number of hydrogen-bond acceptors (Lipinski definition) is 4. The summed E-state index contributed by atoms with van der Waals surface area (Å²) in [5.41, 5.74) is -0.793. The molecule has 21 heavy (non-hydrogen) atoms. The molecule has 1 aliphatic rings. The number of nitro benzene ring substituents is 1. The molecule has 1 heterocycles. The SMILES string of the molecule is CC1(C(=O)O)CCCN(c2cc(Cl)c(Cl)cc2[N+](=O)[O-])C1. The molecule has 0 radical (unpaired) electrons. The summed E-state index contributed by atoms with van der Waals surface area (Å²) >= 11 is 11.8. The fourth-order valence-electron chi connectivity index (χ4n) is 2.54. The van der Waals surface area contributed by atoms with Crippen molar-refractivity contribution in [2.24, 2.45) is 5.41 Å². The Hall–Kier alpha value is -1.53. The van der Waals surface area contributed by atoms with Gasteiger partial charge in [-0.05, 0) is 25.8 Å². The second-order valence-corrected chi connectivity index (χ2v) is 6.22. The molecule has 1 N–H and O–H groups in total. The molecule has 1 aliphatic heterocycles. The van der Waals surface area contributed by atoms with E-state index in [1.165, 1.54) is 12.1 Å². The zero-order valence-corrected chi connectivity index (χ0v) is 12.8. The Kier molecular flexibility index (Phi) is 4.30. The molecule has 2 rings (SSSR count). The van der Waals surface area contributed by atoms with Crippen LogP contribution in [-0.4, -0.2) is 29.1 Å². The number of hydrogen-bond donors (Lipinski definition) is 1. The van der Waals surface area contributed by atoms with Gasteiger partial charge in [0.2, 0.25) is 0 Å². The Balaban J connectivity index is 2.44. The molecule has 0 bridgehead atoms. The van der Waals surface area contributed by atoms with E-state index in [9.17, 15) is 20.0 Å². The van der Waals surface area contributed by atoms with Gasteiger partial charge < -0.3 is 10.0 Å². The Bertz CT molecular complexity index is 608. The quantitative estimate of drug-likeness (QED) is 0.675. The molecule has 1 aromatic rings. The van der Waals surface area contributed by atoms with Crippen LogP contribution < -0.4 is 4.90 Å². The maximum Gasteiger partial charge on any atom is 0.311 e. The molecule has 1 saturated heterocycles. The van der Waals surface area contributed by atoms with Gasteiger partial charge in [-0.25, -0.2) is 0 Å². The highest BCUT2D eigenvalue weighted by molar-refractivity contribution is 6.42. The Morgan fingerprint density at radius 2 is 2.05 bits per heavy atom. The summed E-state index contributed by atoms with van der Waals surface area (Å²) in [5.74, 6) is -0.907. The van der Waals surface area contributed by atoms with E-state index >= 15 is 0 Å². The molecule has 0 saturated carbocycles. The van der Waals surface area contributed by atoms with Crippen molar-refractivity contribution in [3.63, 3.8) is 0 Å². The van der Waals surface area contributed by atoms with Crippen LogP contribution in [-0.2, 0) is 4.79 Å². The molecule has 1 fully saturated rings. The first-order valence-electron chi connectivity index (χ1n) is 6.36. The second kappa shape index (κ2) is 5.69. The lowest BCUT2D eigenvalue weighted by Gasteiger charge is -2.38. The molecule has 1 aromatic carbocycles. The first-order valence-corrected chi connectivity index (χ1v) is 7.12. The number of nitro groups is 1. The lowest BCUT2D eigenvalue weighted by molar-refractivity contribution is -0.384. The maximum atomic E-state index is 11.4. The van der Waals surface area contributed by atoms with Gasteiger partial charge in [0, 0.05) is 19.2 Å². The number of anilines is 1. The van der Waals surface area contributed by atoms with Crippen molar-refractivity contribution in [2.75, 3.05) is 18.0 Å². The molecule has 1 unspecified atom stereocenters. The van der Waals surface area contributed by atoms with Crippen molar-refractivity contribution in [2.45, 2.75) is 19.8 Å². The third kappa shape index (κ3) is 3.06. The highest BCUT2D eigenvalue weighted by Gasteiger charge is 2.39. The number of carboxylic acids is 1. The maximum absolute atomic E-state index is 11.4. The van der Waals surface area contributed by atoms with E-state index in [-0.39, 0.29) is 22.3 Å². The van der Waals surface area contributed by atoms with Gasteiger partial charge in [-0.2, -0.15) is 0 Å². The molecule has 6 nitrogen and oxygen atoms in total. The largest absolute Gasteiger partial charge is 0.481 e. The van der Waals surface area contributed by atoms with Gasteiger partial charge in [0.15, 0.2) is 0 Å². The minimum Gasteiger partial charge on any atom is -0.481 e. The number of rotatable bonds is 3. The van der Waals surface area contributed by atoms with Crippen LogP contribution >= 0.6 is 23.2 Å². The molecule has 0 spiro atoms. The van der Waals surface area contributed by atoms with Crippen LogP contribution in [0.15, 0.2) is 12.1 Å². The predicted molar refractivity (Wildman–Crippen MR) is 80.3 cm³/mol. The molecule has 1 atom stereocenters. The zero-order chi connectivity index (χ0) is 15.8. The fourth-order valence-corrected chi connectivity index (χ4v) is 2.86. The Morgan fingerprint density at radius 3 is 2.62 bits per heavy atom.